The van der Waals surface area contributed by atoms with Gasteiger partial charge in [-0.1, -0.05) is 6.07 Å². The molecular weight excluding hydrogens is 342 g/mol. The van der Waals surface area contributed by atoms with Crippen LogP contribution in [0.4, 0.5) is 17.3 Å². The van der Waals surface area contributed by atoms with E-state index in [2.05, 4.69) is 20.6 Å². The maximum absolute atomic E-state index is 12.9. The van der Waals surface area contributed by atoms with Gasteiger partial charge >= 0.3 is 0 Å². The monoisotopic (exact) mass is 365 g/mol. The highest BCUT2D eigenvalue weighted by Gasteiger charge is 2.50. The first-order chi connectivity index (χ1) is 12.9. The zero-order valence-corrected chi connectivity index (χ0v) is 15.7. The highest BCUT2D eigenvalue weighted by Crippen LogP contribution is 2.44. The second kappa shape index (κ2) is 6.33. The van der Waals surface area contributed by atoms with Crippen LogP contribution in [0.25, 0.3) is 0 Å². The molecule has 0 radical (unpaired) electrons. The zero-order chi connectivity index (χ0) is 19.2. The SMILES string of the molecule is CC(=O)Nc1ccc(NC2CC(N3C(=O)C(C)(C)c4cccnc43)C2)nc1. The standard InChI is InChI=1S/C20H23N5O2/c1-12(26)23-13-6-7-17(22-11-13)24-14-9-15(10-14)25-18-16(5-4-8-21-18)20(2,3)19(25)27/h4-8,11,14-15H,9-10H2,1-3H3,(H,22,24)(H,23,26). The lowest BCUT2D eigenvalue weighted by Crippen LogP contribution is -2.53. The van der Waals surface area contributed by atoms with Crippen LogP contribution >= 0.6 is 0 Å². The molecule has 27 heavy (non-hydrogen) atoms. The van der Waals surface area contributed by atoms with Gasteiger partial charge in [0.1, 0.15) is 11.6 Å². The molecule has 4 rings (SSSR count). The Morgan fingerprint density at radius 2 is 2.00 bits per heavy atom. The lowest BCUT2D eigenvalue weighted by atomic mass is 9.84. The number of hydrogen-bond acceptors (Lipinski definition) is 5. The largest absolute Gasteiger partial charge is 0.367 e. The van der Waals surface area contributed by atoms with Crippen molar-refractivity contribution in [2.45, 2.75) is 51.1 Å². The molecule has 1 aliphatic carbocycles. The number of rotatable bonds is 4. The van der Waals surface area contributed by atoms with Crippen LogP contribution in [0.15, 0.2) is 36.7 Å². The molecular formula is C20H23N5O2. The van der Waals surface area contributed by atoms with Crippen LogP contribution in [0.3, 0.4) is 0 Å². The summed E-state index contributed by atoms with van der Waals surface area (Å²) in [5, 5.41) is 6.09. The van der Waals surface area contributed by atoms with Gasteiger partial charge in [-0.15, -0.1) is 0 Å². The van der Waals surface area contributed by atoms with E-state index in [-0.39, 0.29) is 23.9 Å². The van der Waals surface area contributed by atoms with Crippen LogP contribution in [0.1, 0.15) is 39.2 Å². The van der Waals surface area contributed by atoms with Gasteiger partial charge in [0.15, 0.2) is 0 Å². The number of carbonyl (C=O) groups is 2. The Hall–Kier alpha value is -2.96. The summed E-state index contributed by atoms with van der Waals surface area (Å²) in [5.74, 6) is 1.57. The second-order valence-corrected chi connectivity index (χ2v) is 7.75. The van der Waals surface area contributed by atoms with Crippen molar-refractivity contribution in [3.8, 4) is 0 Å². The van der Waals surface area contributed by atoms with Crippen molar-refractivity contribution in [3.63, 3.8) is 0 Å². The van der Waals surface area contributed by atoms with E-state index in [4.69, 9.17) is 0 Å². The van der Waals surface area contributed by atoms with Crippen LogP contribution in [-0.2, 0) is 15.0 Å². The Bertz CT molecular complexity index is 888. The molecule has 2 amide bonds. The zero-order valence-electron chi connectivity index (χ0n) is 15.7. The first-order valence-corrected chi connectivity index (χ1v) is 9.15. The number of anilines is 3. The number of nitrogens with zero attached hydrogens (tertiary/aromatic N) is 3. The summed E-state index contributed by atoms with van der Waals surface area (Å²) in [4.78, 5) is 34.7. The Labute approximate surface area is 158 Å². The van der Waals surface area contributed by atoms with Gasteiger partial charge in [-0.3, -0.25) is 14.5 Å². The van der Waals surface area contributed by atoms with Crippen LogP contribution in [-0.4, -0.2) is 33.9 Å². The van der Waals surface area contributed by atoms with Crippen molar-refractivity contribution in [1.29, 1.82) is 0 Å². The quantitative estimate of drug-likeness (QED) is 0.870. The molecule has 7 nitrogen and oxygen atoms in total. The van der Waals surface area contributed by atoms with Crippen molar-refractivity contribution in [2.75, 3.05) is 15.5 Å². The molecule has 2 N–H and O–H groups in total. The number of nitrogens with one attached hydrogen (secondary N) is 2. The van der Waals surface area contributed by atoms with Gasteiger partial charge in [-0.25, -0.2) is 9.97 Å². The Balaban J connectivity index is 1.40. The summed E-state index contributed by atoms with van der Waals surface area (Å²) in [6.07, 6.45) is 5.09. The maximum atomic E-state index is 12.9. The summed E-state index contributed by atoms with van der Waals surface area (Å²) in [7, 11) is 0. The van der Waals surface area contributed by atoms with Crippen molar-refractivity contribution in [2.24, 2.45) is 0 Å². The van der Waals surface area contributed by atoms with Crippen molar-refractivity contribution >= 4 is 29.1 Å². The van der Waals surface area contributed by atoms with E-state index in [9.17, 15) is 9.59 Å². The Morgan fingerprint density at radius 1 is 1.22 bits per heavy atom. The predicted octanol–water partition coefficient (Wildman–Crippen LogP) is 2.70. The molecule has 7 heteroatoms. The van der Waals surface area contributed by atoms with Crippen LogP contribution in [0.2, 0.25) is 0 Å². The maximum Gasteiger partial charge on any atom is 0.238 e. The minimum Gasteiger partial charge on any atom is -0.367 e. The number of aromatic nitrogens is 2. The van der Waals surface area contributed by atoms with E-state index >= 15 is 0 Å². The van der Waals surface area contributed by atoms with Gasteiger partial charge < -0.3 is 10.6 Å². The van der Waals surface area contributed by atoms with E-state index in [1.54, 1.807) is 12.4 Å². The third kappa shape index (κ3) is 3.03. The fourth-order valence-corrected chi connectivity index (χ4v) is 3.81. The molecule has 2 aromatic heterocycles. The molecule has 0 saturated heterocycles. The highest BCUT2D eigenvalue weighted by molar-refractivity contribution is 6.07. The van der Waals surface area contributed by atoms with Crippen LogP contribution in [0, 0.1) is 0 Å². The number of carbonyl (C=O) groups excluding carboxylic acids is 2. The first-order valence-electron chi connectivity index (χ1n) is 9.15. The lowest BCUT2D eigenvalue weighted by molar-refractivity contribution is -0.123. The molecule has 1 aliphatic heterocycles. The average Bonchev–Trinajstić information content (AvgIpc) is 2.79. The fourth-order valence-electron chi connectivity index (χ4n) is 3.81. The Morgan fingerprint density at radius 3 is 2.67 bits per heavy atom. The van der Waals surface area contributed by atoms with E-state index in [0.29, 0.717) is 5.69 Å². The molecule has 1 fully saturated rings. The average molecular weight is 365 g/mol. The summed E-state index contributed by atoms with van der Waals surface area (Å²) in [5.41, 5.74) is 1.15. The smallest absolute Gasteiger partial charge is 0.238 e. The minimum atomic E-state index is -0.525. The van der Waals surface area contributed by atoms with Gasteiger partial charge in [0, 0.05) is 30.8 Å². The van der Waals surface area contributed by atoms with Crippen LogP contribution < -0.4 is 15.5 Å². The molecule has 3 heterocycles. The van der Waals surface area contributed by atoms with E-state index in [0.717, 1.165) is 30.0 Å². The second-order valence-electron chi connectivity index (χ2n) is 7.75. The predicted molar refractivity (Wildman–Crippen MR) is 104 cm³/mol. The number of pyridine rings is 2. The van der Waals surface area contributed by atoms with Crippen LogP contribution in [0.5, 0.6) is 0 Å². The molecule has 140 valence electrons. The molecule has 0 unspecified atom stereocenters. The van der Waals surface area contributed by atoms with Gasteiger partial charge in [0.25, 0.3) is 0 Å². The summed E-state index contributed by atoms with van der Waals surface area (Å²) in [6, 6.07) is 7.97. The van der Waals surface area contributed by atoms with Gasteiger partial charge in [0.2, 0.25) is 11.8 Å². The normalized spacial score (nSPS) is 22.8. The van der Waals surface area contributed by atoms with E-state index in [1.807, 2.05) is 43.0 Å². The third-order valence-electron chi connectivity index (χ3n) is 5.36. The lowest BCUT2D eigenvalue weighted by Gasteiger charge is -2.41. The molecule has 2 aromatic rings. The van der Waals surface area contributed by atoms with Crippen molar-refractivity contribution < 1.29 is 9.59 Å². The number of hydrogen-bond donors (Lipinski definition) is 2. The number of fused-ring (bicyclic) bond motifs is 1. The summed E-state index contributed by atoms with van der Waals surface area (Å²) in [6.45, 7) is 5.39. The highest BCUT2D eigenvalue weighted by atomic mass is 16.2. The van der Waals surface area contributed by atoms with E-state index in [1.165, 1.54) is 6.92 Å². The first kappa shape index (κ1) is 17.5. The number of amides is 2. The Kier molecular flexibility index (Phi) is 4.09. The topological polar surface area (TPSA) is 87.2 Å². The molecule has 0 aromatic carbocycles. The van der Waals surface area contributed by atoms with E-state index < -0.39 is 5.41 Å². The summed E-state index contributed by atoms with van der Waals surface area (Å²) < 4.78 is 0. The molecule has 0 spiro atoms. The fraction of sp³-hybridized carbons (Fsp3) is 0.400. The van der Waals surface area contributed by atoms with Gasteiger partial charge in [0.05, 0.1) is 17.3 Å². The molecule has 1 saturated carbocycles. The van der Waals surface area contributed by atoms with Crippen molar-refractivity contribution in [3.05, 3.63) is 42.2 Å². The molecule has 0 bridgehead atoms. The molecule has 2 aliphatic rings. The minimum absolute atomic E-state index is 0.119. The van der Waals surface area contributed by atoms with Crippen molar-refractivity contribution in [1.82, 2.24) is 9.97 Å². The molecule has 0 atom stereocenters. The van der Waals surface area contributed by atoms with Gasteiger partial charge in [-0.2, -0.15) is 0 Å². The summed E-state index contributed by atoms with van der Waals surface area (Å²) >= 11 is 0. The van der Waals surface area contributed by atoms with Gasteiger partial charge in [-0.05, 0) is 44.9 Å². The third-order valence-corrected chi connectivity index (χ3v) is 5.36.